The predicted molar refractivity (Wildman–Crippen MR) is 82.3 cm³/mol. The number of nitrogens with one attached hydrogen (secondary N) is 1. The average Bonchev–Trinajstić information content (AvgIpc) is 2.47. The van der Waals surface area contributed by atoms with Crippen molar-refractivity contribution < 1.29 is 9.72 Å². The Balaban J connectivity index is 1.99. The molecular formula is C14H10BrN3O3. The topological polar surface area (TPSA) is 84.6 Å². The number of amides is 1. The van der Waals surface area contributed by atoms with E-state index >= 15 is 0 Å². The summed E-state index contributed by atoms with van der Waals surface area (Å²) >= 11 is 3.28. The summed E-state index contributed by atoms with van der Waals surface area (Å²) in [6, 6.07) is 12.8. The van der Waals surface area contributed by atoms with Gasteiger partial charge in [0.15, 0.2) is 0 Å². The molecule has 2 aromatic rings. The number of carbonyl (C=O) groups is 1. The molecule has 0 fully saturated rings. The molecule has 0 saturated carbocycles. The van der Waals surface area contributed by atoms with Gasteiger partial charge < -0.3 is 0 Å². The zero-order valence-electron chi connectivity index (χ0n) is 10.7. The number of rotatable bonds is 4. The molecule has 0 bridgehead atoms. The summed E-state index contributed by atoms with van der Waals surface area (Å²) in [6.45, 7) is 0. The molecule has 0 aliphatic rings. The van der Waals surface area contributed by atoms with E-state index in [1.54, 1.807) is 30.3 Å². The van der Waals surface area contributed by atoms with Gasteiger partial charge in [-0.3, -0.25) is 14.9 Å². The first-order chi connectivity index (χ1) is 10.1. The predicted octanol–water partition coefficient (Wildman–Crippen LogP) is 3.12. The normalized spacial score (nSPS) is 10.5. The minimum Gasteiger partial charge on any atom is -0.267 e. The van der Waals surface area contributed by atoms with Gasteiger partial charge in [0.1, 0.15) is 0 Å². The molecule has 0 heterocycles. The van der Waals surface area contributed by atoms with E-state index < -0.39 is 4.92 Å². The number of halogens is 1. The largest absolute Gasteiger partial charge is 0.271 e. The third-order valence-electron chi connectivity index (χ3n) is 2.57. The number of nitrogens with zero attached hydrogens (tertiary/aromatic N) is 2. The van der Waals surface area contributed by atoms with Crippen LogP contribution in [0.25, 0.3) is 0 Å². The lowest BCUT2D eigenvalue weighted by Gasteiger charge is -2.00. The molecule has 1 N–H and O–H groups in total. The molecule has 21 heavy (non-hydrogen) atoms. The summed E-state index contributed by atoms with van der Waals surface area (Å²) in [5.74, 6) is -0.338. The fraction of sp³-hybridized carbons (Fsp3) is 0. The van der Waals surface area contributed by atoms with Gasteiger partial charge in [0, 0.05) is 22.2 Å². The maximum atomic E-state index is 11.8. The Hall–Kier alpha value is -2.54. The highest BCUT2D eigenvalue weighted by Gasteiger charge is 2.04. The van der Waals surface area contributed by atoms with Crippen molar-refractivity contribution in [1.29, 1.82) is 0 Å². The maximum absolute atomic E-state index is 11.8. The number of carbonyl (C=O) groups excluding carboxylic acids is 1. The number of hydrogen-bond donors (Lipinski definition) is 1. The molecule has 0 saturated heterocycles. The van der Waals surface area contributed by atoms with Crippen molar-refractivity contribution >= 4 is 33.7 Å². The minimum absolute atomic E-state index is 0.00493. The Kier molecular flexibility index (Phi) is 4.78. The second-order valence-corrected chi connectivity index (χ2v) is 4.97. The van der Waals surface area contributed by atoms with Gasteiger partial charge in [-0.1, -0.05) is 22.0 Å². The smallest absolute Gasteiger partial charge is 0.267 e. The summed E-state index contributed by atoms with van der Waals surface area (Å²) in [7, 11) is 0. The lowest BCUT2D eigenvalue weighted by Crippen LogP contribution is -2.17. The van der Waals surface area contributed by atoms with Crippen molar-refractivity contribution in [2.24, 2.45) is 5.10 Å². The number of hydrogen-bond acceptors (Lipinski definition) is 4. The lowest BCUT2D eigenvalue weighted by atomic mass is 10.2. The van der Waals surface area contributed by atoms with E-state index in [1.165, 1.54) is 18.3 Å². The lowest BCUT2D eigenvalue weighted by molar-refractivity contribution is -0.384. The molecule has 0 radical (unpaired) electrons. The first kappa shape index (κ1) is 14.9. The molecule has 0 spiro atoms. The van der Waals surface area contributed by atoms with Gasteiger partial charge in [0.05, 0.1) is 11.1 Å². The quantitative estimate of drug-likeness (QED) is 0.523. The fourth-order valence-electron chi connectivity index (χ4n) is 1.54. The second-order valence-electron chi connectivity index (χ2n) is 4.06. The highest BCUT2D eigenvalue weighted by molar-refractivity contribution is 9.10. The van der Waals surface area contributed by atoms with Crippen LogP contribution in [0, 0.1) is 10.1 Å². The average molecular weight is 348 g/mol. The summed E-state index contributed by atoms with van der Waals surface area (Å²) in [5.41, 5.74) is 3.52. The maximum Gasteiger partial charge on any atom is 0.271 e. The molecule has 0 aromatic heterocycles. The Labute approximate surface area is 128 Å². The number of nitro groups is 1. The van der Waals surface area contributed by atoms with E-state index in [4.69, 9.17) is 0 Å². The Morgan fingerprint density at radius 2 is 1.95 bits per heavy atom. The Bertz CT molecular complexity index is 699. The van der Waals surface area contributed by atoms with Crippen LogP contribution in [-0.2, 0) is 0 Å². The van der Waals surface area contributed by atoms with Gasteiger partial charge in [-0.05, 0) is 35.9 Å². The number of nitro benzene ring substituents is 1. The zero-order valence-corrected chi connectivity index (χ0v) is 12.3. The van der Waals surface area contributed by atoms with Gasteiger partial charge in [-0.15, -0.1) is 0 Å². The fourth-order valence-corrected chi connectivity index (χ4v) is 1.94. The van der Waals surface area contributed by atoms with Crippen molar-refractivity contribution in [3.8, 4) is 0 Å². The van der Waals surface area contributed by atoms with Crippen LogP contribution in [0.5, 0.6) is 0 Å². The van der Waals surface area contributed by atoms with Crippen LogP contribution in [0.2, 0.25) is 0 Å². The molecule has 0 atom stereocenters. The summed E-state index contributed by atoms with van der Waals surface area (Å²) in [5, 5.41) is 14.3. The van der Waals surface area contributed by atoms with E-state index in [9.17, 15) is 14.9 Å². The molecule has 7 heteroatoms. The minimum atomic E-state index is -0.476. The second kappa shape index (κ2) is 6.76. The monoisotopic (exact) mass is 347 g/mol. The van der Waals surface area contributed by atoms with E-state index in [0.29, 0.717) is 11.1 Å². The van der Waals surface area contributed by atoms with Crippen molar-refractivity contribution in [2.45, 2.75) is 0 Å². The number of hydrazone groups is 1. The molecule has 2 aromatic carbocycles. The third-order valence-corrected chi connectivity index (χ3v) is 3.06. The molecule has 1 amide bonds. The molecule has 0 aliphatic carbocycles. The van der Waals surface area contributed by atoms with Gasteiger partial charge in [0.2, 0.25) is 0 Å². The van der Waals surface area contributed by atoms with Crippen LogP contribution in [0.4, 0.5) is 5.69 Å². The van der Waals surface area contributed by atoms with Crippen molar-refractivity contribution in [1.82, 2.24) is 5.43 Å². The summed E-state index contributed by atoms with van der Waals surface area (Å²) in [4.78, 5) is 21.8. The highest BCUT2D eigenvalue weighted by Crippen LogP contribution is 2.12. The summed E-state index contributed by atoms with van der Waals surface area (Å²) < 4.78 is 0.800. The van der Waals surface area contributed by atoms with Gasteiger partial charge in [-0.2, -0.15) is 5.10 Å². The van der Waals surface area contributed by atoms with Crippen LogP contribution in [-0.4, -0.2) is 17.0 Å². The first-order valence-electron chi connectivity index (χ1n) is 5.90. The van der Waals surface area contributed by atoms with Gasteiger partial charge in [0.25, 0.3) is 11.6 Å². The van der Waals surface area contributed by atoms with E-state index in [2.05, 4.69) is 26.5 Å². The Morgan fingerprint density at radius 3 is 2.57 bits per heavy atom. The molecule has 0 aliphatic heterocycles. The first-order valence-corrected chi connectivity index (χ1v) is 6.69. The number of benzene rings is 2. The van der Waals surface area contributed by atoms with Crippen molar-refractivity contribution in [3.05, 3.63) is 74.2 Å². The van der Waals surface area contributed by atoms with Crippen LogP contribution in [0.1, 0.15) is 15.9 Å². The van der Waals surface area contributed by atoms with Crippen molar-refractivity contribution in [3.63, 3.8) is 0 Å². The molecule has 2 rings (SSSR count). The van der Waals surface area contributed by atoms with Crippen molar-refractivity contribution in [2.75, 3.05) is 0 Å². The number of non-ortho nitro benzene ring substituents is 1. The van der Waals surface area contributed by atoms with Gasteiger partial charge >= 0.3 is 0 Å². The summed E-state index contributed by atoms with van der Waals surface area (Å²) in [6.07, 6.45) is 1.42. The van der Waals surface area contributed by atoms with Crippen LogP contribution in [0.15, 0.2) is 58.1 Å². The van der Waals surface area contributed by atoms with Crippen LogP contribution >= 0.6 is 15.9 Å². The van der Waals surface area contributed by atoms with E-state index in [-0.39, 0.29) is 11.6 Å². The standard InChI is InChI=1S/C14H10BrN3O3/c15-12-3-1-2-11(8-12)14(19)17-16-9-10-4-6-13(7-5-10)18(20)21/h1-9H,(H,17,19)/b16-9-. The SMILES string of the molecule is O=C(N/N=C\c1ccc([N+](=O)[O-])cc1)c1cccc(Br)c1. The molecule has 106 valence electrons. The van der Waals surface area contributed by atoms with E-state index in [0.717, 1.165) is 4.47 Å². The highest BCUT2D eigenvalue weighted by atomic mass is 79.9. The van der Waals surface area contributed by atoms with Crippen LogP contribution in [0.3, 0.4) is 0 Å². The molecular weight excluding hydrogens is 338 g/mol. The zero-order chi connectivity index (χ0) is 15.2. The molecule has 6 nitrogen and oxygen atoms in total. The molecule has 0 unspecified atom stereocenters. The van der Waals surface area contributed by atoms with E-state index in [1.807, 2.05) is 6.07 Å². The third kappa shape index (κ3) is 4.22. The van der Waals surface area contributed by atoms with Crippen LogP contribution < -0.4 is 5.43 Å². The Morgan fingerprint density at radius 1 is 1.24 bits per heavy atom. The van der Waals surface area contributed by atoms with Gasteiger partial charge in [-0.25, -0.2) is 5.43 Å².